The van der Waals surface area contributed by atoms with Crippen molar-refractivity contribution in [2.24, 2.45) is 0 Å². The third-order valence-electron chi connectivity index (χ3n) is 3.15. The Bertz CT molecular complexity index is 608. The normalized spacial score (nSPS) is 14.1. The van der Waals surface area contributed by atoms with Gasteiger partial charge in [0.1, 0.15) is 5.75 Å². The highest BCUT2D eigenvalue weighted by molar-refractivity contribution is 5.62. The molecule has 0 amide bonds. The number of ether oxygens (including phenoxy) is 1. The zero-order valence-electron chi connectivity index (χ0n) is 11.9. The highest BCUT2D eigenvalue weighted by Crippen LogP contribution is 2.29. The van der Waals surface area contributed by atoms with E-state index in [1.807, 2.05) is 32.0 Å². The fraction of sp³-hybridized carbons (Fsp3) is 0.375. The maximum absolute atomic E-state index is 5.84. The number of hydrogen-bond acceptors (Lipinski definition) is 4. The lowest BCUT2D eigenvalue weighted by Gasteiger charge is -2.09. The van der Waals surface area contributed by atoms with Gasteiger partial charge in [-0.2, -0.15) is 0 Å². The SMILES string of the molecule is CCNc1nc(C)cc(-c2cccc(OC3CC3)c2)n1. The van der Waals surface area contributed by atoms with Gasteiger partial charge in [0.05, 0.1) is 11.8 Å². The van der Waals surface area contributed by atoms with Crippen molar-refractivity contribution < 1.29 is 4.74 Å². The first-order valence-electron chi connectivity index (χ1n) is 7.11. The Labute approximate surface area is 119 Å². The molecule has 4 heteroatoms. The molecule has 1 aromatic carbocycles. The zero-order chi connectivity index (χ0) is 13.9. The third kappa shape index (κ3) is 3.07. The van der Waals surface area contributed by atoms with E-state index in [9.17, 15) is 0 Å². The third-order valence-corrected chi connectivity index (χ3v) is 3.15. The first kappa shape index (κ1) is 12.9. The minimum atomic E-state index is 0.412. The van der Waals surface area contributed by atoms with Crippen molar-refractivity contribution in [1.82, 2.24) is 9.97 Å². The van der Waals surface area contributed by atoms with Gasteiger partial charge >= 0.3 is 0 Å². The van der Waals surface area contributed by atoms with Gasteiger partial charge in [0.15, 0.2) is 0 Å². The van der Waals surface area contributed by atoms with Crippen LogP contribution < -0.4 is 10.1 Å². The Morgan fingerprint density at radius 1 is 1.25 bits per heavy atom. The molecular weight excluding hydrogens is 250 g/mol. The van der Waals surface area contributed by atoms with E-state index in [1.54, 1.807) is 0 Å². The molecule has 0 atom stereocenters. The lowest BCUT2D eigenvalue weighted by atomic mass is 10.1. The minimum absolute atomic E-state index is 0.412. The lowest BCUT2D eigenvalue weighted by molar-refractivity contribution is 0.303. The number of anilines is 1. The fourth-order valence-electron chi connectivity index (χ4n) is 2.06. The first-order chi connectivity index (χ1) is 9.74. The number of aromatic nitrogens is 2. The summed E-state index contributed by atoms with van der Waals surface area (Å²) < 4.78 is 5.84. The van der Waals surface area contributed by atoms with Gasteiger partial charge in [-0.05, 0) is 44.9 Å². The van der Waals surface area contributed by atoms with Crippen LogP contribution in [0.25, 0.3) is 11.3 Å². The van der Waals surface area contributed by atoms with Crippen LogP contribution in [0, 0.1) is 6.92 Å². The monoisotopic (exact) mass is 269 g/mol. The summed E-state index contributed by atoms with van der Waals surface area (Å²) in [6.07, 6.45) is 2.75. The maximum atomic E-state index is 5.84. The molecule has 0 bridgehead atoms. The smallest absolute Gasteiger partial charge is 0.223 e. The Balaban J connectivity index is 1.90. The number of benzene rings is 1. The molecule has 0 aliphatic heterocycles. The van der Waals surface area contributed by atoms with E-state index in [1.165, 1.54) is 12.8 Å². The Hall–Kier alpha value is -2.10. The molecule has 1 N–H and O–H groups in total. The standard InChI is InChI=1S/C16H19N3O/c1-3-17-16-18-11(2)9-15(19-16)12-5-4-6-14(10-12)20-13-7-8-13/h4-6,9-10,13H,3,7-8H2,1-2H3,(H,17,18,19). The van der Waals surface area contributed by atoms with Gasteiger partial charge in [-0.15, -0.1) is 0 Å². The second-order valence-corrected chi connectivity index (χ2v) is 5.09. The van der Waals surface area contributed by atoms with Gasteiger partial charge in [-0.25, -0.2) is 9.97 Å². The van der Waals surface area contributed by atoms with Gasteiger partial charge in [0.25, 0.3) is 0 Å². The average molecular weight is 269 g/mol. The molecule has 1 heterocycles. The first-order valence-corrected chi connectivity index (χ1v) is 7.11. The molecule has 1 aliphatic carbocycles. The van der Waals surface area contributed by atoms with Crippen molar-refractivity contribution in [2.75, 3.05) is 11.9 Å². The predicted octanol–water partition coefficient (Wildman–Crippen LogP) is 3.43. The highest BCUT2D eigenvalue weighted by Gasteiger charge is 2.23. The van der Waals surface area contributed by atoms with Crippen molar-refractivity contribution in [3.8, 4) is 17.0 Å². The summed E-state index contributed by atoms with van der Waals surface area (Å²) in [5, 5.41) is 3.16. The predicted molar refractivity (Wildman–Crippen MR) is 80.0 cm³/mol. The van der Waals surface area contributed by atoms with Crippen molar-refractivity contribution in [2.45, 2.75) is 32.8 Å². The molecule has 0 unspecified atom stereocenters. The van der Waals surface area contributed by atoms with Gasteiger partial charge in [0.2, 0.25) is 5.95 Å². The number of nitrogens with zero attached hydrogens (tertiary/aromatic N) is 2. The summed E-state index contributed by atoms with van der Waals surface area (Å²) in [5.74, 6) is 1.60. The number of rotatable bonds is 5. The molecule has 1 aliphatic rings. The van der Waals surface area contributed by atoms with E-state index in [-0.39, 0.29) is 0 Å². The Kier molecular flexibility index (Phi) is 3.54. The van der Waals surface area contributed by atoms with E-state index < -0.39 is 0 Å². The zero-order valence-corrected chi connectivity index (χ0v) is 11.9. The summed E-state index contributed by atoms with van der Waals surface area (Å²) in [4.78, 5) is 8.93. The number of hydrogen-bond donors (Lipinski definition) is 1. The van der Waals surface area contributed by atoms with Crippen LogP contribution in [0.5, 0.6) is 5.75 Å². The molecule has 2 aromatic rings. The number of aryl methyl sites for hydroxylation is 1. The topological polar surface area (TPSA) is 47.0 Å². The van der Waals surface area contributed by atoms with Crippen LogP contribution in [0.4, 0.5) is 5.95 Å². The molecule has 3 rings (SSSR count). The van der Waals surface area contributed by atoms with E-state index in [0.717, 1.165) is 29.2 Å². The van der Waals surface area contributed by atoms with E-state index in [2.05, 4.69) is 27.4 Å². The van der Waals surface area contributed by atoms with Crippen LogP contribution in [-0.2, 0) is 0 Å². The molecule has 20 heavy (non-hydrogen) atoms. The van der Waals surface area contributed by atoms with E-state index >= 15 is 0 Å². The van der Waals surface area contributed by atoms with Crippen LogP contribution in [-0.4, -0.2) is 22.6 Å². The lowest BCUT2D eigenvalue weighted by Crippen LogP contribution is -2.04. The van der Waals surface area contributed by atoms with Gasteiger partial charge < -0.3 is 10.1 Å². The maximum Gasteiger partial charge on any atom is 0.223 e. The van der Waals surface area contributed by atoms with Crippen LogP contribution in [0.1, 0.15) is 25.5 Å². The molecule has 1 fully saturated rings. The van der Waals surface area contributed by atoms with Crippen molar-refractivity contribution in [1.29, 1.82) is 0 Å². The summed E-state index contributed by atoms with van der Waals surface area (Å²) >= 11 is 0. The Morgan fingerprint density at radius 3 is 2.85 bits per heavy atom. The molecular formula is C16H19N3O. The summed E-state index contributed by atoms with van der Waals surface area (Å²) in [6.45, 7) is 4.83. The Morgan fingerprint density at radius 2 is 2.10 bits per heavy atom. The minimum Gasteiger partial charge on any atom is -0.490 e. The van der Waals surface area contributed by atoms with Crippen molar-refractivity contribution in [3.05, 3.63) is 36.0 Å². The summed E-state index contributed by atoms with van der Waals surface area (Å²) in [6, 6.07) is 10.1. The van der Waals surface area contributed by atoms with Crippen LogP contribution in [0.3, 0.4) is 0 Å². The summed E-state index contributed by atoms with van der Waals surface area (Å²) in [5.41, 5.74) is 2.95. The second kappa shape index (κ2) is 5.49. The molecule has 0 saturated heterocycles. The highest BCUT2D eigenvalue weighted by atomic mass is 16.5. The van der Waals surface area contributed by atoms with E-state index in [0.29, 0.717) is 12.1 Å². The van der Waals surface area contributed by atoms with Crippen LogP contribution in [0.15, 0.2) is 30.3 Å². The second-order valence-electron chi connectivity index (χ2n) is 5.09. The average Bonchev–Trinajstić information content (AvgIpc) is 3.23. The van der Waals surface area contributed by atoms with Crippen molar-refractivity contribution >= 4 is 5.95 Å². The number of nitrogens with one attached hydrogen (secondary N) is 1. The fourth-order valence-corrected chi connectivity index (χ4v) is 2.06. The van der Waals surface area contributed by atoms with Crippen LogP contribution >= 0.6 is 0 Å². The largest absolute Gasteiger partial charge is 0.490 e. The van der Waals surface area contributed by atoms with E-state index in [4.69, 9.17) is 4.74 Å². The van der Waals surface area contributed by atoms with Gasteiger partial charge in [-0.3, -0.25) is 0 Å². The van der Waals surface area contributed by atoms with Crippen molar-refractivity contribution in [3.63, 3.8) is 0 Å². The molecule has 4 nitrogen and oxygen atoms in total. The van der Waals surface area contributed by atoms with Gasteiger partial charge in [0, 0.05) is 17.8 Å². The molecule has 104 valence electrons. The van der Waals surface area contributed by atoms with Crippen LogP contribution in [0.2, 0.25) is 0 Å². The van der Waals surface area contributed by atoms with Gasteiger partial charge in [-0.1, -0.05) is 12.1 Å². The molecule has 1 saturated carbocycles. The summed E-state index contributed by atoms with van der Waals surface area (Å²) in [7, 11) is 0. The quantitative estimate of drug-likeness (QED) is 0.903. The molecule has 1 aromatic heterocycles. The molecule has 0 radical (unpaired) electrons. The molecule has 0 spiro atoms.